The summed E-state index contributed by atoms with van der Waals surface area (Å²) in [5.41, 5.74) is 3.63. The molecule has 1 aromatic heterocycles. The van der Waals surface area contributed by atoms with E-state index in [4.69, 9.17) is 16.6 Å². The summed E-state index contributed by atoms with van der Waals surface area (Å²) in [6.45, 7) is 6.88. The second-order valence-electron chi connectivity index (χ2n) is 6.49. The van der Waals surface area contributed by atoms with Gasteiger partial charge in [0.05, 0.1) is 16.9 Å². The first-order chi connectivity index (χ1) is 9.60. The van der Waals surface area contributed by atoms with Gasteiger partial charge in [0.2, 0.25) is 0 Å². The van der Waals surface area contributed by atoms with Crippen molar-refractivity contribution in [3.63, 3.8) is 0 Å². The molecule has 1 aliphatic rings. The number of imidazole rings is 1. The molecule has 1 saturated carbocycles. The van der Waals surface area contributed by atoms with E-state index in [9.17, 15) is 0 Å². The fraction of sp³-hybridized carbons (Fsp3) is 0.588. The van der Waals surface area contributed by atoms with Crippen LogP contribution < -0.4 is 0 Å². The highest BCUT2D eigenvalue weighted by atomic mass is 35.5. The Labute approximate surface area is 126 Å². The zero-order valence-corrected chi connectivity index (χ0v) is 13.3. The number of benzene rings is 1. The molecule has 2 aromatic rings. The molecule has 3 atom stereocenters. The summed E-state index contributed by atoms with van der Waals surface area (Å²) >= 11 is 6.16. The number of fused-ring (bicyclic) bond motifs is 1. The van der Waals surface area contributed by atoms with Crippen molar-refractivity contribution in [3.8, 4) is 0 Å². The van der Waals surface area contributed by atoms with Crippen LogP contribution >= 0.6 is 11.6 Å². The first kappa shape index (κ1) is 13.9. The van der Waals surface area contributed by atoms with Crippen molar-refractivity contribution in [2.45, 2.75) is 52.0 Å². The van der Waals surface area contributed by atoms with Gasteiger partial charge < -0.3 is 4.57 Å². The van der Waals surface area contributed by atoms with Crippen LogP contribution in [-0.4, -0.2) is 9.55 Å². The number of alkyl halides is 1. The number of aryl methyl sites for hydroxylation is 1. The number of aromatic nitrogens is 2. The maximum absolute atomic E-state index is 6.16. The van der Waals surface area contributed by atoms with Gasteiger partial charge in [-0.15, -0.1) is 11.6 Å². The lowest BCUT2D eigenvalue weighted by Gasteiger charge is -2.34. The molecule has 3 rings (SSSR count). The Bertz CT molecular complexity index is 617. The van der Waals surface area contributed by atoms with E-state index >= 15 is 0 Å². The number of nitrogens with zero attached hydrogens (tertiary/aromatic N) is 2. The third kappa shape index (κ3) is 2.35. The molecule has 108 valence electrons. The van der Waals surface area contributed by atoms with Crippen LogP contribution in [0.1, 0.15) is 50.5 Å². The Morgan fingerprint density at radius 2 is 2.10 bits per heavy atom. The van der Waals surface area contributed by atoms with E-state index in [0.717, 1.165) is 17.3 Å². The van der Waals surface area contributed by atoms with Crippen molar-refractivity contribution in [2.24, 2.45) is 11.8 Å². The molecule has 0 amide bonds. The smallest absolute Gasteiger partial charge is 0.125 e. The van der Waals surface area contributed by atoms with Gasteiger partial charge in [0.15, 0.2) is 0 Å². The zero-order valence-electron chi connectivity index (χ0n) is 12.6. The Morgan fingerprint density at radius 1 is 1.30 bits per heavy atom. The third-order valence-electron chi connectivity index (χ3n) is 4.76. The standard InChI is InChI=1S/C17H23ClN2/c1-11-5-7-15(13(3)8-11)20-16-9-12(2)4-6-14(16)19-17(20)10-18/h4,6,9,11,13,15H,5,7-8,10H2,1-3H3. The third-order valence-corrected chi connectivity index (χ3v) is 4.99. The maximum Gasteiger partial charge on any atom is 0.125 e. The fourth-order valence-electron chi connectivity index (χ4n) is 3.75. The Balaban J connectivity index is 2.11. The molecule has 1 aromatic carbocycles. The second-order valence-corrected chi connectivity index (χ2v) is 6.75. The Kier molecular flexibility index (Phi) is 3.76. The van der Waals surface area contributed by atoms with Crippen molar-refractivity contribution in [2.75, 3.05) is 0 Å². The minimum atomic E-state index is 0.493. The molecule has 0 spiro atoms. The highest BCUT2D eigenvalue weighted by Crippen LogP contribution is 2.39. The van der Waals surface area contributed by atoms with E-state index in [-0.39, 0.29) is 0 Å². The summed E-state index contributed by atoms with van der Waals surface area (Å²) in [6.07, 6.45) is 3.85. The van der Waals surface area contributed by atoms with Crippen LogP contribution in [0, 0.1) is 18.8 Å². The van der Waals surface area contributed by atoms with Crippen LogP contribution in [0.25, 0.3) is 11.0 Å². The summed E-state index contributed by atoms with van der Waals surface area (Å²) in [5, 5.41) is 0. The lowest BCUT2D eigenvalue weighted by atomic mass is 9.79. The average Bonchev–Trinajstić information content (AvgIpc) is 2.76. The van der Waals surface area contributed by atoms with Crippen LogP contribution in [0.2, 0.25) is 0 Å². The molecule has 0 aliphatic heterocycles. The lowest BCUT2D eigenvalue weighted by Crippen LogP contribution is -2.25. The molecule has 20 heavy (non-hydrogen) atoms. The number of hydrogen-bond acceptors (Lipinski definition) is 1. The molecular formula is C17H23ClN2. The topological polar surface area (TPSA) is 17.8 Å². The van der Waals surface area contributed by atoms with E-state index in [0.29, 0.717) is 17.8 Å². The molecule has 0 N–H and O–H groups in total. The fourth-order valence-corrected chi connectivity index (χ4v) is 3.94. The Morgan fingerprint density at radius 3 is 2.80 bits per heavy atom. The predicted molar refractivity (Wildman–Crippen MR) is 85.2 cm³/mol. The van der Waals surface area contributed by atoms with Gasteiger partial charge in [-0.25, -0.2) is 4.98 Å². The molecule has 2 nitrogen and oxygen atoms in total. The van der Waals surface area contributed by atoms with Crippen LogP contribution in [0.4, 0.5) is 0 Å². The molecule has 1 aliphatic carbocycles. The van der Waals surface area contributed by atoms with Crippen molar-refractivity contribution >= 4 is 22.6 Å². The average molecular weight is 291 g/mol. The SMILES string of the molecule is Cc1ccc2nc(CCl)n(C3CCC(C)CC3C)c2c1. The van der Waals surface area contributed by atoms with Gasteiger partial charge in [-0.3, -0.25) is 0 Å². The molecule has 1 fully saturated rings. The molecule has 3 heteroatoms. The van der Waals surface area contributed by atoms with Crippen LogP contribution in [0.15, 0.2) is 18.2 Å². The molecule has 1 heterocycles. The van der Waals surface area contributed by atoms with E-state index in [1.54, 1.807) is 0 Å². The van der Waals surface area contributed by atoms with Crippen molar-refractivity contribution in [3.05, 3.63) is 29.6 Å². The van der Waals surface area contributed by atoms with Gasteiger partial charge >= 0.3 is 0 Å². The van der Waals surface area contributed by atoms with Gasteiger partial charge in [-0.05, 0) is 55.7 Å². The van der Waals surface area contributed by atoms with Gasteiger partial charge in [0.25, 0.3) is 0 Å². The van der Waals surface area contributed by atoms with Crippen molar-refractivity contribution in [1.82, 2.24) is 9.55 Å². The molecule has 0 saturated heterocycles. The number of rotatable bonds is 2. The van der Waals surface area contributed by atoms with Crippen LogP contribution in [0.5, 0.6) is 0 Å². The minimum Gasteiger partial charge on any atom is -0.324 e. The normalized spacial score (nSPS) is 27.1. The summed E-state index contributed by atoms with van der Waals surface area (Å²) in [6, 6.07) is 7.05. The monoisotopic (exact) mass is 290 g/mol. The summed E-state index contributed by atoms with van der Waals surface area (Å²) in [7, 11) is 0. The zero-order chi connectivity index (χ0) is 14.3. The summed E-state index contributed by atoms with van der Waals surface area (Å²) in [5.74, 6) is 3.06. The maximum atomic E-state index is 6.16. The highest BCUT2D eigenvalue weighted by Gasteiger charge is 2.29. The van der Waals surface area contributed by atoms with Gasteiger partial charge in [-0.1, -0.05) is 19.9 Å². The summed E-state index contributed by atoms with van der Waals surface area (Å²) < 4.78 is 2.42. The highest BCUT2D eigenvalue weighted by molar-refractivity contribution is 6.16. The van der Waals surface area contributed by atoms with E-state index < -0.39 is 0 Å². The minimum absolute atomic E-state index is 0.493. The molecule has 0 bridgehead atoms. The van der Waals surface area contributed by atoms with Crippen molar-refractivity contribution in [1.29, 1.82) is 0 Å². The first-order valence-electron chi connectivity index (χ1n) is 7.63. The molecule has 0 radical (unpaired) electrons. The largest absolute Gasteiger partial charge is 0.324 e. The quantitative estimate of drug-likeness (QED) is 0.705. The Hall–Kier alpha value is -1.02. The van der Waals surface area contributed by atoms with Crippen LogP contribution in [0.3, 0.4) is 0 Å². The first-order valence-corrected chi connectivity index (χ1v) is 8.17. The predicted octanol–water partition coefficient (Wildman–Crippen LogP) is 5.08. The van der Waals surface area contributed by atoms with Crippen molar-refractivity contribution < 1.29 is 0 Å². The van der Waals surface area contributed by atoms with E-state index in [1.807, 2.05) is 0 Å². The molecule has 3 unspecified atom stereocenters. The van der Waals surface area contributed by atoms with Crippen LogP contribution in [-0.2, 0) is 5.88 Å². The molecular weight excluding hydrogens is 268 g/mol. The van der Waals surface area contributed by atoms with E-state index in [2.05, 4.69) is 43.5 Å². The van der Waals surface area contributed by atoms with E-state index in [1.165, 1.54) is 30.3 Å². The number of hydrogen-bond donors (Lipinski definition) is 0. The number of halogens is 1. The van der Waals surface area contributed by atoms with Gasteiger partial charge in [0.1, 0.15) is 5.82 Å². The summed E-state index contributed by atoms with van der Waals surface area (Å²) in [4.78, 5) is 4.73. The lowest BCUT2D eigenvalue weighted by molar-refractivity contribution is 0.209. The van der Waals surface area contributed by atoms with Gasteiger partial charge in [0, 0.05) is 6.04 Å². The van der Waals surface area contributed by atoms with Gasteiger partial charge in [-0.2, -0.15) is 0 Å². The second kappa shape index (κ2) is 5.40.